The highest BCUT2D eigenvalue weighted by Gasteiger charge is 2.00. The molecule has 0 spiro atoms. The molecule has 0 atom stereocenters. The minimum absolute atomic E-state index is 0.876. The van der Waals surface area contributed by atoms with E-state index in [2.05, 4.69) is 9.97 Å². The fourth-order valence-electron chi connectivity index (χ4n) is 1.33. The van der Waals surface area contributed by atoms with E-state index >= 15 is 0 Å². The van der Waals surface area contributed by atoms with E-state index in [9.17, 15) is 0 Å². The van der Waals surface area contributed by atoms with Gasteiger partial charge in [0.15, 0.2) is 0 Å². The summed E-state index contributed by atoms with van der Waals surface area (Å²) >= 11 is 0. The van der Waals surface area contributed by atoms with Crippen LogP contribution in [0.15, 0.2) is 35.1 Å². The molecule has 2 aromatic heterocycles. The summed E-state index contributed by atoms with van der Waals surface area (Å²) in [4.78, 5) is 8.21. The number of aryl methyl sites for hydroxylation is 3. The molecule has 0 unspecified atom stereocenters. The molecular weight excluding hydrogens is 176 g/mol. The van der Waals surface area contributed by atoms with Crippen molar-refractivity contribution in [1.29, 1.82) is 0 Å². The lowest BCUT2D eigenvalue weighted by Gasteiger charge is -1.96. The second-order valence-corrected chi connectivity index (χ2v) is 3.21. The first-order chi connectivity index (χ1) is 6.84. The Morgan fingerprint density at radius 2 is 2.14 bits per heavy atom. The predicted molar refractivity (Wildman–Crippen MR) is 52.9 cm³/mol. The molecule has 3 nitrogen and oxygen atoms in total. The number of aromatic nitrogens is 2. The molecule has 0 aromatic carbocycles. The molecule has 0 aliphatic carbocycles. The molecule has 3 heteroatoms. The molecule has 14 heavy (non-hydrogen) atoms. The van der Waals surface area contributed by atoms with Gasteiger partial charge in [-0.3, -0.25) is 9.97 Å². The maximum atomic E-state index is 5.46. The fraction of sp³-hybridized carbons (Fsp3) is 0.273. The van der Waals surface area contributed by atoms with Gasteiger partial charge in [-0.2, -0.15) is 0 Å². The summed E-state index contributed by atoms with van der Waals surface area (Å²) in [5, 5.41) is 0. The van der Waals surface area contributed by atoms with Gasteiger partial charge in [0.2, 0.25) is 0 Å². The van der Waals surface area contributed by atoms with Crippen LogP contribution >= 0.6 is 0 Å². The van der Waals surface area contributed by atoms with E-state index < -0.39 is 0 Å². The molecule has 0 saturated carbocycles. The molecule has 0 fully saturated rings. The van der Waals surface area contributed by atoms with E-state index in [1.165, 1.54) is 0 Å². The van der Waals surface area contributed by atoms with Crippen LogP contribution in [0.25, 0.3) is 0 Å². The monoisotopic (exact) mass is 188 g/mol. The van der Waals surface area contributed by atoms with Crippen molar-refractivity contribution in [3.05, 3.63) is 47.9 Å². The SMILES string of the molecule is Cc1ccc(CCc2cnccn2)o1. The van der Waals surface area contributed by atoms with Crippen molar-refractivity contribution in [2.45, 2.75) is 19.8 Å². The Kier molecular flexibility index (Phi) is 2.58. The van der Waals surface area contributed by atoms with Crippen molar-refractivity contribution in [2.24, 2.45) is 0 Å². The zero-order chi connectivity index (χ0) is 9.80. The van der Waals surface area contributed by atoms with Crippen LogP contribution < -0.4 is 0 Å². The maximum absolute atomic E-state index is 5.46. The third kappa shape index (κ3) is 2.19. The van der Waals surface area contributed by atoms with E-state index in [0.717, 1.165) is 30.1 Å². The highest BCUT2D eigenvalue weighted by atomic mass is 16.3. The number of furan rings is 1. The molecule has 2 heterocycles. The smallest absolute Gasteiger partial charge is 0.104 e. The first kappa shape index (κ1) is 8.94. The Hall–Kier alpha value is -1.64. The van der Waals surface area contributed by atoms with Crippen LogP contribution in [0.4, 0.5) is 0 Å². The average molecular weight is 188 g/mol. The summed E-state index contributed by atoms with van der Waals surface area (Å²) in [6.45, 7) is 1.95. The van der Waals surface area contributed by atoms with Crippen molar-refractivity contribution < 1.29 is 4.42 Å². The third-order valence-electron chi connectivity index (χ3n) is 2.04. The third-order valence-corrected chi connectivity index (χ3v) is 2.04. The van der Waals surface area contributed by atoms with Gasteiger partial charge in [-0.25, -0.2) is 0 Å². The van der Waals surface area contributed by atoms with E-state index in [1.54, 1.807) is 18.6 Å². The van der Waals surface area contributed by atoms with Gasteiger partial charge in [0, 0.05) is 25.0 Å². The Morgan fingerprint density at radius 3 is 2.79 bits per heavy atom. The maximum Gasteiger partial charge on any atom is 0.104 e. The minimum Gasteiger partial charge on any atom is -0.466 e. The first-order valence-electron chi connectivity index (χ1n) is 4.65. The molecule has 0 bridgehead atoms. The second-order valence-electron chi connectivity index (χ2n) is 3.21. The highest BCUT2D eigenvalue weighted by Crippen LogP contribution is 2.08. The van der Waals surface area contributed by atoms with Crippen molar-refractivity contribution >= 4 is 0 Å². The van der Waals surface area contributed by atoms with E-state index in [0.29, 0.717) is 0 Å². The van der Waals surface area contributed by atoms with Gasteiger partial charge >= 0.3 is 0 Å². The summed E-state index contributed by atoms with van der Waals surface area (Å²) < 4.78 is 5.46. The van der Waals surface area contributed by atoms with Crippen LogP contribution in [-0.4, -0.2) is 9.97 Å². The largest absolute Gasteiger partial charge is 0.466 e. The molecule has 0 radical (unpaired) electrons. The summed E-state index contributed by atoms with van der Waals surface area (Å²) in [5.74, 6) is 1.97. The van der Waals surface area contributed by atoms with Gasteiger partial charge < -0.3 is 4.42 Å². The van der Waals surface area contributed by atoms with E-state index in [4.69, 9.17) is 4.42 Å². The topological polar surface area (TPSA) is 38.9 Å². The lowest BCUT2D eigenvalue weighted by Crippen LogP contribution is -1.93. The van der Waals surface area contributed by atoms with Crippen LogP contribution in [0.5, 0.6) is 0 Å². The molecule has 2 aromatic rings. The van der Waals surface area contributed by atoms with Crippen LogP contribution in [0.3, 0.4) is 0 Å². The van der Waals surface area contributed by atoms with Crippen LogP contribution in [0, 0.1) is 6.92 Å². The summed E-state index contributed by atoms with van der Waals surface area (Å²) in [6.07, 6.45) is 6.94. The van der Waals surface area contributed by atoms with Gasteiger partial charge in [-0.15, -0.1) is 0 Å². The lowest BCUT2D eigenvalue weighted by molar-refractivity contribution is 0.481. The molecule has 0 saturated heterocycles. The summed E-state index contributed by atoms with van der Waals surface area (Å²) in [7, 11) is 0. The molecule has 0 aliphatic heterocycles. The van der Waals surface area contributed by atoms with Crippen molar-refractivity contribution in [3.63, 3.8) is 0 Å². The van der Waals surface area contributed by atoms with Gasteiger partial charge in [0.1, 0.15) is 11.5 Å². The summed E-state index contributed by atoms with van der Waals surface area (Å²) in [6, 6.07) is 3.98. The molecule has 2 rings (SSSR count). The normalized spacial score (nSPS) is 10.4. The first-order valence-corrected chi connectivity index (χ1v) is 4.65. The van der Waals surface area contributed by atoms with Gasteiger partial charge in [-0.05, 0) is 25.5 Å². The summed E-state index contributed by atoms with van der Waals surface area (Å²) in [5.41, 5.74) is 1.00. The van der Waals surface area contributed by atoms with E-state index in [-0.39, 0.29) is 0 Å². The number of rotatable bonds is 3. The molecule has 0 N–H and O–H groups in total. The molecule has 0 amide bonds. The molecular formula is C11H12N2O. The molecule has 0 aliphatic rings. The van der Waals surface area contributed by atoms with E-state index in [1.807, 2.05) is 19.1 Å². The second kappa shape index (κ2) is 4.05. The van der Waals surface area contributed by atoms with Crippen LogP contribution in [-0.2, 0) is 12.8 Å². The lowest BCUT2D eigenvalue weighted by atomic mass is 10.2. The Bertz CT molecular complexity index is 395. The van der Waals surface area contributed by atoms with Crippen molar-refractivity contribution in [3.8, 4) is 0 Å². The van der Waals surface area contributed by atoms with Gasteiger partial charge in [0.25, 0.3) is 0 Å². The Labute approximate surface area is 82.8 Å². The zero-order valence-corrected chi connectivity index (χ0v) is 8.10. The Morgan fingerprint density at radius 1 is 1.21 bits per heavy atom. The highest BCUT2D eigenvalue weighted by molar-refractivity contribution is 5.07. The standard InChI is InChI=1S/C11H12N2O/c1-9-2-4-11(14-9)5-3-10-8-12-6-7-13-10/h2,4,6-8H,3,5H2,1H3. The van der Waals surface area contributed by atoms with Gasteiger partial charge in [0.05, 0.1) is 5.69 Å². The zero-order valence-electron chi connectivity index (χ0n) is 8.10. The van der Waals surface area contributed by atoms with Crippen LogP contribution in [0.2, 0.25) is 0 Å². The Balaban J connectivity index is 1.95. The fourth-order valence-corrected chi connectivity index (χ4v) is 1.33. The number of hydrogen-bond acceptors (Lipinski definition) is 3. The van der Waals surface area contributed by atoms with Crippen molar-refractivity contribution in [2.75, 3.05) is 0 Å². The molecule has 72 valence electrons. The average Bonchev–Trinajstić information content (AvgIpc) is 2.63. The van der Waals surface area contributed by atoms with Gasteiger partial charge in [-0.1, -0.05) is 0 Å². The number of hydrogen-bond donors (Lipinski definition) is 0. The number of nitrogens with zero attached hydrogens (tertiary/aromatic N) is 2. The predicted octanol–water partition coefficient (Wildman–Crippen LogP) is 2.16. The quantitative estimate of drug-likeness (QED) is 0.740. The van der Waals surface area contributed by atoms with Crippen molar-refractivity contribution in [1.82, 2.24) is 9.97 Å². The van der Waals surface area contributed by atoms with Crippen LogP contribution in [0.1, 0.15) is 17.2 Å². The minimum atomic E-state index is 0.876.